The third kappa shape index (κ3) is 6.91. The standard InChI is InChI=1S/C31H36FN5O3/c1-6-38-25-15-27(30(32)28(16-25)40-20(4)5)37(23-12-10-21(11-13-23)31(33)34)18-29-35-17-26(36-29)22-8-7-9-24(14-22)39-19(2)3/h7-17,19-20H,6,18H2,1-5H3,(H3,33,34)(H,35,36). The van der Waals surface area contributed by atoms with Crippen LogP contribution < -0.4 is 24.8 Å². The minimum absolute atomic E-state index is 0.0467. The molecule has 1 aromatic heterocycles. The minimum Gasteiger partial charge on any atom is -0.494 e. The summed E-state index contributed by atoms with van der Waals surface area (Å²) in [5.41, 5.74) is 8.91. The van der Waals surface area contributed by atoms with E-state index in [2.05, 4.69) is 9.97 Å². The SMILES string of the molecule is CCOc1cc(OC(C)C)c(F)c(N(Cc2ncc(-c3cccc(OC(C)C)c3)[nH]2)c2ccc(C(=N)N)cc2)c1. The molecule has 0 aliphatic heterocycles. The van der Waals surface area contributed by atoms with Crippen LogP contribution in [0, 0.1) is 11.2 Å². The third-order valence-corrected chi connectivity index (χ3v) is 5.90. The molecule has 0 saturated carbocycles. The van der Waals surface area contributed by atoms with E-state index >= 15 is 4.39 Å². The van der Waals surface area contributed by atoms with Crippen LogP contribution in [-0.4, -0.2) is 34.6 Å². The van der Waals surface area contributed by atoms with E-state index in [1.54, 1.807) is 47.5 Å². The highest BCUT2D eigenvalue weighted by Crippen LogP contribution is 2.38. The van der Waals surface area contributed by atoms with Gasteiger partial charge in [-0.25, -0.2) is 9.37 Å². The number of nitrogen functional groups attached to an aromatic ring is 1. The second-order valence-corrected chi connectivity index (χ2v) is 9.84. The van der Waals surface area contributed by atoms with Gasteiger partial charge in [-0.2, -0.15) is 0 Å². The number of H-pyrrole nitrogens is 1. The minimum atomic E-state index is -0.516. The van der Waals surface area contributed by atoms with E-state index in [0.29, 0.717) is 29.4 Å². The van der Waals surface area contributed by atoms with Crippen LogP contribution >= 0.6 is 0 Å². The first-order valence-corrected chi connectivity index (χ1v) is 13.3. The molecule has 0 atom stereocenters. The van der Waals surface area contributed by atoms with Gasteiger partial charge in [0, 0.05) is 28.9 Å². The van der Waals surface area contributed by atoms with Gasteiger partial charge in [-0.15, -0.1) is 0 Å². The summed E-state index contributed by atoms with van der Waals surface area (Å²) in [5, 5.41) is 7.74. The van der Waals surface area contributed by atoms with Crippen molar-refractivity contribution in [3.63, 3.8) is 0 Å². The Morgan fingerprint density at radius 1 is 1.00 bits per heavy atom. The molecule has 0 unspecified atom stereocenters. The van der Waals surface area contributed by atoms with Crippen LogP contribution in [-0.2, 0) is 6.54 Å². The van der Waals surface area contributed by atoms with Crippen LogP contribution in [0.15, 0.2) is 66.9 Å². The van der Waals surface area contributed by atoms with Crippen LogP contribution in [0.2, 0.25) is 0 Å². The number of anilines is 2. The van der Waals surface area contributed by atoms with Gasteiger partial charge in [0.15, 0.2) is 11.6 Å². The maximum absolute atomic E-state index is 16.0. The van der Waals surface area contributed by atoms with Gasteiger partial charge >= 0.3 is 0 Å². The first kappa shape index (κ1) is 28.5. The Morgan fingerprint density at radius 2 is 1.73 bits per heavy atom. The number of halogens is 1. The summed E-state index contributed by atoms with van der Waals surface area (Å²) >= 11 is 0. The van der Waals surface area contributed by atoms with Gasteiger partial charge in [0.1, 0.15) is 23.2 Å². The number of aromatic nitrogens is 2. The second-order valence-electron chi connectivity index (χ2n) is 9.84. The Kier molecular flexibility index (Phi) is 8.93. The highest BCUT2D eigenvalue weighted by molar-refractivity contribution is 5.95. The van der Waals surface area contributed by atoms with E-state index < -0.39 is 5.82 Å². The van der Waals surface area contributed by atoms with Crippen molar-refractivity contribution in [2.75, 3.05) is 11.5 Å². The molecule has 0 spiro atoms. The summed E-state index contributed by atoms with van der Waals surface area (Å²) in [7, 11) is 0. The maximum Gasteiger partial charge on any atom is 0.188 e. The average molecular weight is 546 g/mol. The Labute approximate surface area is 234 Å². The summed E-state index contributed by atoms with van der Waals surface area (Å²) in [5.74, 6) is 1.41. The van der Waals surface area contributed by atoms with Crippen molar-refractivity contribution < 1.29 is 18.6 Å². The molecule has 4 rings (SSSR count). The Morgan fingerprint density at radius 3 is 2.38 bits per heavy atom. The number of hydrogen-bond donors (Lipinski definition) is 3. The van der Waals surface area contributed by atoms with Gasteiger partial charge in [-0.1, -0.05) is 12.1 Å². The number of benzene rings is 3. The normalized spacial score (nSPS) is 11.1. The lowest BCUT2D eigenvalue weighted by molar-refractivity contribution is 0.229. The maximum atomic E-state index is 16.0. The smallest absolute Gasteiger partial charge is 0.188 e. The highest BCUT2D eigenvalue weighted by atomic mass is 19.1. The third-order valence-electron chi connectivity index (χ3n) is 5.90. The Balaban J connectivity index is 1.76. The van der Waals surface area contributed by atoms with E-state index in [-0.39, 0.29) is 36.0 Å². The summed E-state index contributed by atoms with van der Waals surface area (Å²) in [6.45, 7) is 10.2. The molecule has 210 valence electrons. The molecular formula is C31H36FN5O3. The lowest BCUT2D eigenvalue weighted by Crippen LogP contribution is -2.20. The molecule has 0 fully saturated rings. The van der Waals surface area contributed by atoms with Crippen LogP contribution in [0.4, 0.5) is 15.8 Å². The zero-order chi connectivity index (χ0) is 28.8. The first-order chi connectivity index (χ1) is 19.1. The van der Waals surface area contributed by atoms with Gasteiger partial charge in [0.2, 0.25) is 0 Å². The zero-order valence-electron chi connectivity index (χ0n) is 23.5. The van der Waals surface area contributed by atoms with Crippen molar-refractivity contribution in [2.45, 2.75) is 53.4 Å². The molecule has 4 N–H and O–H groups in total. The van der Waals surface area contributed by atoms with Crippen molar-refractivity contribution >= 4 is 17.2 Å². The molecule has 4 aromatic rings. The number of rotatable bonds is 12. The van der Waals surface area contributed by atoms with Crippen molar-refractivity contribution in [3.05, 3.63) is 84.1 Å². The molecule has 1 heterocycles. The number of amidine groups is 1. The number of hydrogen-bond acceptors (Lipinski definition) is 6. The first-order valence-electron chi connectivity index (χ1n) is 13.3. The van der Waals surface area contributed by atoms with Crippen LogP contribution in [0.3, 0.4) is 0 Å². The second kappa shape index (κ2) is 12.5. The molecule has 0 radical (unpaired) electrons. The fourth-order valence-electron chi connectivity index (χ4n) is 4.23. The van der Waals surface area contributed by atoms with Gasteiger partial charge < -0.3 is 29.8 Å². The molecule has 0 saturated heterocycles. The van der Waals surface area contributed by atoms with Gasteiger partial charge in [-0.3, -0.25) is 5.41 Å². The molecule has 0 aliphatic rings. The van der Waals surface area contributed by atoms with Crippen LogP contribution in [0.5, 0.6) is 17.2 Å². The predicted molar refractivity (Wildman–Crippen MR) is 156 cm³/mol. The van der Waals surface area contributed by atoms with Gasteiger partial charge in [0.25, 0.3) is 0 Å². The molecule has 8 nitrogen and oxygen atoms in total. The van der Waals surface area contributed by atoms with Crippen molar-refractivity contribution in [1.29, 1.82) is 5.41 Å². The number of nitrogens with one attached hydrogen (secondary N) is 2. The molecule has 9 heteroatoms. The van der Waals surface area contributed by atoms with E-state index in [4.69, 9.17) is 25.4 Å². The van der Waals surface area contributed by atoms with Crippen molar-refractivity contribution in [1.82, 2.24) is 9.97 Å². The monoisotopic (exact) mass is 545 g/mol. The molecule has 0 aliphatic carbocycles. The topological polar surface area (TPSA) is 109 Å². The number of nitrogens with two attached hydrogens (primary N) is 1. The fourth-order valence-corrected chi connectivity index (χ4v) is 4.23. The van der Waals surface area contributed by atoms with E-state index in [1.165, 1.54) is 0 Å². The number of nitrogens with zero attached hydrogens (tertiary/aromatic N) is 2. The van der Waals surface area contributed by atoms with E-state index in [0.717, 1.165) is 17.0 Å². The number of aromatic amines is 1. The highest BCUT2D eigenvalue weighted by Gasteiger charge is 2.22. The summed E-state index contributed by atoms with van der Waals surface area (Å²) in [6.07, 6.45) is 1.58. The summed E-state index contributed by atoms with van der Waals surface area (Å²) in [4.78, 5) is 9.76. The van der Waals surface area contributed by atoms with Gasteiger partial charge in [0.05, 0.1) is 42.9 Å². The largest absolute Gasteiger partial charge is 0.494 e. The van der Waals surface area contributed by atoms with Gasteiger partial charge in [-0.05, 0) is 71.0 Å². The number of ether oxygens (including phenoxy) is 3. The van der Waals surface area contributed by atoms with Crippen LogP contribution in [0.1, 0.15) is 46.0 Å². The van der Waals surface area contributed by atoms with Crippen molar-refractivity contribution in [3.8, 4) is 28.5 Å². The Hall–Kier alpha value is -4.53. The van der Waals surface area contributed by atoms with E-state index in [1.807, 2.05) is 58.9 Å². The van der Waals surface area contributed by atoms with Crippen molar-refractivity contribution in [2.24, 2.45) is 5.73 Å². The average Bonchev–Trinajstić information content (AvgIpc) is 3.38. The quantitative estimate of drug-likeness (QED) is 0.133. The zero-order valence-corrected chi connectivity index (χ0v) is 23.5. The van der Waals surface area contributed by atoms with Crippen LogP contribution in [0.25, 0.3) is 11.3 Å². The summed E-state index contributed by atoms with van der Waals surface area (Å²) < 4.78 is 33.4. The predicted octanol–water partition coefficient (Wildman–Crippen LogP) is 6.81. The lowest BCUT2D eigenvalue weighted by Gasteiger charge is -2.26. The molecule has 0 amide bonds. The lowest BCUT2D eigenvalue weighted by atomic mass is 10.1. The molecule has 40 heavy (non-hydrogen) atoms. The van der Waals surface area contributed by atoms with E-state index in [9.17, 15) is 0 Å². The fraction of sp³-hybridized carbons (Fsp3) is 0.290. The molecule has 3 aromatic carbocycles. The molecular weight excluding hydrogens is 509 g/mol. The summed E-state index contributed by atoms with van der Waals surface area (Å²) in [6, 6.07) is 18.0. The number of imidazole rings is 1. The molecule has 0 bridgehead atoms. The Bertz CT molecular complexity index is 1450.